The molecule has 0 unspecified atom stereocenters. The SMILES string of the molecule is CCCCCCCCNc1nc(NN)nc(OC)n1. The molecule has 1 heterocycles. The van der Waals surface area contributed by atoms with Crippen molar-refractivity contribution in [2.75, 3.05) is 24.4 Å². The van der Waals surface area contributed by atoms with Gasteiger partial charge in [0.25, 0.3) is 0 Å². The molecular weight excluding hydrogens is 244 g/mol. The highest BCUT2D eigenvalue weighted by Gasteiger charge is 2.04. The maximum Gasteiger partial charge on any atom is 0.322 e. The van der Waals surface area contributed by atoms with Gasteiger partial charge in [-0.2, -0.15) is 15.0 Å². The third kappa shape index (κ3) is 6.19. The minimum atomic E-state index is 0.244. The highest BCUT2D eigenvalue weighted by molar-refractivity contribution is 5.34. The molecule has 0 amide bonds. The van der Waals surface area contributed by atoms with E-state index in [1.807, 2.05) is 0 Å². The summed E-state index contributed by atoms with van der Waals surface area (Å²) in [6, 6.07) is 0.244. The first-order valence-corrected chi connectivity index (χ1v) is 6.80. The number of nitrogens with zero attached hydrogens (tertiary/aromatic N) is 3. The average Bonchev–Trinajstić information content (AvgIpc) is 2.45. The number of rotatable bonds is 10. The Labute approximate surface area is 114 Å². The molecule has 19 heavy (non-hydrogen) atoms. The van der Waals surface area contributed by atoms with Crippen LogP contribution in [0.2, 0.25) is 0 Å². The molecular formula is C12H24N6O. The Morgan fingerprint density at radius 1 is 1.00 bits per heavy atom. The zero-order chi connectivity index (χ0) is 13.9. The lowest BCUT2D eigenvalue weighted by atomic mass is 10.1. The lowest BCUT2D eigenvalue weighted by molar-refractivity contribution is 0.379. The van der Waals surface area contributed by atoms with Gasteiger partial charge >= 0.3 is 6.01 Å². The third-order valence-corrected chi connectivity index (χ3v) is 2.74. The molecule has 0 radical (unpaired) electrons. The molecule has 108 valence electrons. The van der Waals surface area contributed by atoms with Crippen molar-refractivity contribution in [2.45, 2.75) is 45.4 Å². The van der Waals surface area contributed by atoms with Crippen LogP contribution in [0.25, 0.3) is 0 Å². The summed E-state index contributed by atoms with van der Waals surface area (Å²) >= 11 is 0. The van der Waals surface area contributed by atoms with Crippen LogP contribution in [0.5, 0.6) is 6.01 Å². The molecule has 0 bridgehead atoms. The molecule has 7 nitrogen and oxygen atoms in total. The fourth-order valence-electron chi connectivity index (χ4n) is 1.70. The Balaban J connectivity index is 2.28. The Hall–Kier alpha value is -1.63. The van der Waals surface area contributed by atoms with Gasteiger partial charge in [0.2, 0.25) is 11.9 Å². The van der Waals surface area contributed by atoms with E-state index < -0.39 is 0 Å². The number of anilines is 2. The first kappa shape index (κ1) is 15.4. The van der Waals surface area contributed by atoms with E-state index in [0.29, 0.717) is 5.95 Å². The number of methoxy groups -OCH3 is 1. The van der Waals surface area contributed by atoms with Crippen molar-refractivity contribution >= 4 is 11.9 Å². The van der Waals surface area contributed by atoms with Gasteiger partial charge < -0.3 is 10.1 Å². The van der Waals surface area contributed by atoms with Gasteiger partial charge in [0, 0.05) is 6.54 Å². The van der Waals surface area contributed by atoms with Crippen LogP contribution in [0, 0.1) is 0 Å². The fraction of sp³-hybridized carbons (Fsp3) is 0.750. The summed E-state index contributed by atoms with van der Waals surface area (Å²) in [5.41, 5.74) is 2.38. The highest BCUT2D eigenvalue weighted by atomic mass is 16.5. The number of unbranched alkanes of at least 4 members (excludes halogenated alkanes) is 5. The molecule has 0 atom stereocenters. The third-order valence-electron chi connectivity index (χ3n) is 2.74. The number of hydrogen-bond acceptors (Lipinski definition) is 7. The Morgan fingerprint density at radius 2 is 1.68 bits per heavy atom. The summed E-state index contributed by atoms with van der Waals surface area (Å²) in [7, 11) is 1.51. The van der Waals surface area contributed by atoms with Crippen molar-refractivity contribution in [1.29, 1.82) is 0 Å². The summed E-state index contributed by atoms with van der Waals surface area (Å²) in [6.45, 7) is 3.06. The van der Waals surface area contributed by atoms with Crippen LogP contribution in [0.4, 0.5) is 11.9 Å². The first-order chi connectivity index (χ1) is 9.30. The molecule has 0 aliphatic carbocycles. The minimum Gasteiger partial charge on any atom is -0.467 e. The van der Waals surface area contributed by atoms with E-state index >= 15 is 0 Å². The molecule has 1 rings (SSSR count). The monoisotopic (exact) mass is 268 g/mol. The quantitative estimate of drug-likeness (QED) is 0.339. The van der Waals surface area contributed by atoms with Crippen LogP contribution in [0.15, 0.2) is 0 Å². The summed E-state index contributed by atoms with van der Waals surface area (Å²) in [5.74, 6) is 6.05. The normalized spacial score (nSPS) is 10.3. The summed E-state index contributed by atoms with van der Waals surface area (Å²) in [5, 5.41) is 3.15. The highest BCUT2D eigenvalue weighted by Crippen LogP contribution is 2.10. The summed E-state index contributed by atoms with van der Waals surface area (Å²) in [6.07, 6.45) is 7.52. The van der Waals surface area contributed by atoms with Crippen LogP contribution in [-0.2, 0) is 0 Å². The molecule has 0 saturated carbocycles. The van der Waals surface area contributed by atoms with Gasteiger partial charge in [0.15, 0.2) is 0 Å². The van der Waals surface area contributed by atoms with Crippen LogP contribution in [-0.4, -0.2) is 28.6 Å². The van der Waals surface area contributed by atoms with Gasteiger partial charge in [-0.15, -0.1) is 0 Å². The van der Waals surface area contributed by atoms with Gasteiger partial charge in [-0.1, -0.05) is 39.0 Å². The second-order valence-electron chi connectivity index (χ2n) is 4.31. The predicted molar refractivity (Wildman–Crippen MR) is 76.1 cm³/mol. The van der Waals surface area contributed by atoms with Gasteiger partial charge in [-0.05, 0) is 6.42 Å². The molecule has 0 spiro atoms. The fourth-order valence-corrected chi connectivity index (χ4v) is 1.70. The van der Waals surface area contributed by atoms with Crippen LogP contribution in [0.3, 0.4) is 0 Å². The lowest BCUT2D eigenvalue weighted by Gasteiger charge is -2.07. The van der Waals surface area contributed by atoms with Gasteiger partial charge in [-0.3, -0.25) is 5.43 Å². The Kier molecular flexibility index (Phi) is 7.57. The molecule has 0 fully saturated rings. The maximum absolute atomic E-state index is 5.28. The van der Waals surface area contributed by atoms with E-state index in [4.69, 9.17) is 10.6 Å². The number of hydrazine groups is 1. The second kappa shape index (κ2) is 9.32. The van der Waals surface area contributed by atoms with Crippen LogP contribution in [0.1, 0.15) is 45.4 Å². The molecule has 0 saturated heterocycles. The molecule has 0 aromatic carbocycles. The Bertz CT molecular complexity index is 338. The molecule has 0 aliphatic heterocycles. The van der Waals surface area contributed by atoms with E-state index in [-0.39, 0.29) is 12.0 Å². The summed E-state index contributed by atoms with van der Waals surface area (Å²) < 4.78 is 4.97. The number of ether oxygens (including phenoxy) is 1. The number of nitrogens with one attached hydrogen (secondary N) is 2. The predicted octanol–water partition coefficient (Wildman–Crippen LogP) is 1.94. The van der Waals surface area contributed by atoms with Gasteiger partial charge in [-0.25, -0.2) is 5.84 Å². The maximum atomic E-state index is 5.28. The lowest BCUT2D eigenvalue weighted by Crippen LogP contribution is -2.14. The van der Waals surface area contributed by atoms with Gasteiger partial charge in [0.1, 0.15) is 0 Å². The van der Waals surface area contributed by atoms with Crippen molar-refractivity contribution in [2.24, 2.45) is 5.84 Å². The minimum absolute atomic E-state index is 0.244. The van der Waals surface area contributed by atoms with Crippen LogP contribution < -0.4 is 21.3 Å². The molecule has 4 N–H and O–H groups in total. The number of nitrogens with two attached hydrogens (primary N) is 1. The number of aromatic nitrogens is 3. The molecule has 0 aliphatic rings. The molecule has 1 aromatic rings. The number of nitrogen functional groups attached to an aromatic ring is 1. The van der Waals surface area contributed by atoms with Crippen molar-refractivity contribution in [3.63, 3.8) is 0 Å². The van der Waals surface area contributed by atoms with Crippen molar-refractivity contribution in [3.8, 4) is 6.01 Å². The van der Waals surface area contributed by atoms with Crippen LogP contribution >= 0.6 is 0 Å². The average molecular weight is 268 g/mol. The smallest absolute Gasteiger partial charge is 0.322 e. The van der Waals surface area contributed by atoms with E-state index in [1.54, 1.807) is 0 Å². The zero-order valence-corrected chi connectivity index (χ0v) is 11.8. The molecule has 1 aromatic heterocycles. The topological polar surface area (TPSA) is 98.0 Å². The van der Waals surface area contributed by atoms with E-state index in [0.717, 1.165) is 13.0 Å². The first-order valence-electron chi connectivity index (χ1n) is 6.80. The standard InChI is InChI=1S/C12H24N6O/c1-3-4-5-6-7-8-9-14-10-15-11(18-13)17-12(16-10)19-2/h3-9,13H2,1-2H3,(H2,14,15,16,17,18). The van der Waals surface area contributed by atoms with Crippen molar-refractivity contribution < 1.29 is 4.74 Å². The summed E-state index contributed by atoms with van der Waals surface area (Å²) in [4.78, 5) is 12.1. The van der Waals surface area contributed by atoms with Gasteiger partial charge in [0.05, 0.1) is 7.11 Å². The molecule has 7 heteroatoms. The van der Waals surface area contributed by atoms with E-state index in [9.17, 15) is 0 Å². The van der Waals surface area contributed by atoms with E-state index in [1.165, 1.54) is 39.2 Å². The number of hydrogen-bond donors (Lipinski definition) is 3. The zero-order valence-electron chi connectivity index (χ0n) is 11.8. The van der Waals surface area contributed by atoms with Crippen molar-refractivity contribution in [1.82, 2.24) is 15.0 Å². The van der Waals surface area contributed by atoms with E-state index in [2.05, 4.69) is 32.6 Å². The second-order valence-corrected chi connectivity index (χ2v) is 4.31. The Morgan fingerprint density at radius 3 is 2.37 bits per heavy atom. The van der Waals surface area contributed by atoms with Crippen molar-refractivity contribution in [3.05, 3.63) is 0 Å². The largest absolute Gasteiger partial charge is 0.467 e.